The van der Waals surface area contributed by atoms with Gasteiger partial charge in [0.15, 0.2) is 0 Å². The third kappa shape index (κ3) is 2.89. The van der Waals surface area contributed by atoms with E-state index in [9.17, 15) is 21.0 Å². The Hall–Kier alpha value is -2.72. The van der Waals surface area contributed by atoms with Crippen molar-refractivity contribution in [1.29, 1.82) is 21.0 Å². The van der Waals surface area contributed by atoms with Crippen molar-refractivity contribution in [3.63, 3.8) is 0 Å². The average Bonchev–Trinajstić information content (AvgIpc) is 3.51. The summed E-state index contributed by atoms with van der Waals surface area (Å²) in [6.07, 6.45) is 3.41. The number of thioether (sulfide) groups is 4. The van der Waals surface area contributed by atoms with Gasteiger partial charge in [0, 0.05) is 22.3 Å². The quantitative estimate of drug-likeness (QED) is 0.509. The molecule has 0 amide bonds. The monoisotopic (exact) mass is 430 g/mol. The third-order valence-corrected chi connectivity index (χ3v) is 8.44. The van der Waals surface area contributed by atoms with Crippen LogP contribution < -0.4 is 0 Å². The minimum absolute atomic E-state index is 0.243. The SMILES string of the molecule is N#CC1=CC(=C2SC=CS2)C(C2=C(C#N)C(C#N)=CC2=C2SC=CS2)=C1C#N. The average molecular weight is 431 g/mol. The first-order valence-electron chi connectivity index (χ1n) is 7.73. The Morgan fingerprint density at radius 3 is 1.18 bits per heavy atom. The summed E-state index contributed by atoms with van der Waals surface area (Å²) in [6, 6.07) is 8.49. The molecule has 28 heavy (non-hydrogen) atoms. The number of nitriles is 4. The smallest absolute Gasteiger partial charge is 0.101 e. The zero-order valence-corrected chi connectivity index (χ0v) is 17.2. The van der Waals surface area contributed by atoms with Gasteiger partial charge in [-0.25, -0.2) is 0 Å². The molecule has 130 valence electrons. The Labute approximate surface area is 178 Å². The summed E-state index contributed by atoms with van der Waals surface area (Å²) < 4.78 is 1.88. The second-order valence-corrected chi connectivity index (χ2v) is 9.66. The van der Waals surface area contributed by atoms with Gasteiger partial charge in [0.2, 0.25) is 0 Å². The maximum absolute atomic E-state index is 9.81. The fourth-order valence-electron chi connectivity index (χ4n) is 3.03. The van der Waals surface area contributed by atoms with E-state index in [0.717, 1.165) is 19.6 Å². The predicted octanol–water partition coefficient (Wildman–Crippen LogP) is 5.88. The molecule has 0 aromatic heterocycles. The van der Waals surface area contributed by atoms with Crippen molar-refractivity contribution >= 4 is 47.0 Å². The zero-order chi connectivity index (χ0) is 19.7. The Kier molecular flexibility index (Phi) is 5.14. The van der Waals surface area contributed by atoms with E-state index in [-0.39, 0.29) is 22.3 Å². The molecule has 2 heterocycles. The van der Waals surface area contributed by atoms with Crippen molar-refractivity contribution in [3.8, 4) is 24.3 Å². The summed E-state index contributed by atoms with van der Waals surface area (Å²) in [5.41, 5.74) is 3.66. The molecule has 4 rings (SSSR count). The van der Waals surface area contributed by atoms with Gasteiger partial charge < -0.3 is 0 Å². The fraction of sp³-hybridized carbons (Fsp3) is 0. The van der Waals surface area contributed by atoms with Crippen LogP contribution in [0, 0.1) is 45.3 Å². The molecule has 8 heteroatoms. The van der Waals surface area contributed by atoms with Crippen LogP contribution in [0.4, 0.5) is 0 Å². The number of rotatable bonds is 1. The van der Waals surface area contributed by atoms with Gasteiger partial charge in [-0.15, -0.1) is 0 Å². The molecule has 0 saturated carbocycles. The van der Waals surface area contributed by atoms with Gasteiger partial charge in [0.25, 0.3) is 0 Å². The summed E-state index contributed by atoms with van der Waals surface area (Å²) in [5.74, 6) is 0. The van der Waals surface area contributed by atoms with Crippen molar-refractivity contribution in [2.45, 2.75) is 0 Å². The molecule has 0 N–H and O–H groups in total. The summed E-state index contributed by atoms with van der Waals surface area (Å²) >= 11 is 6.06. The fourth-order valence-corrected chi connectivity index (χ4v) is 6.68. The van der Waals surface area contributed by atoms with Gasteiger partial charge in [0.1, 0.15) is 24.3 Å². The van der Waals surface area contributed by atoms with Gasteiger partial charge in [-0.05, 0) is 33.8 Å². The van der Waals surface area contributed by atoms with Crippen LogP contribution in [-0.2, 0) is 0 Å². The van der Waals surface area contributed by atoms with Crippen LogP contribution in [0.3, 0.4) is 0 Å². The molecule has 4 aliphatic rings. The zero-order valence-electron chi connectivity index (χ0n) is 13.9. The first-order chi connectivity index (χ1) is 13.7. The molecule has 0 radical (unpaired) electrons. The molecule has 0 unspecified atom stereocenters. The van der Waals surface area contributed by atoms with Crippen LogP contribution >= 0.6 is 47.0 Å². The maximum atomic E-state index is 9.81. The van der Waals surface area contributed by atoms with E-state index >= 15 is 0 Å². The minimum Gasteiger partial charge on any atom is -0.192 e. The molecule has 4 nitrogen and oxygen atoms in total. The van der Waals surface area contributed by atoms with Crippen molar-refractivity contribution in [1.82, 2.24) is 0 Å². The highest BCUT2D eigenvalue weighted by Gasteiger charge is 2.35. The first kappa shape index (κ1) is 18.6. The van der Waals surface area contributed by atoms with Crippen LogP contribution in [0.5, 0.6) is 0 Å². The van der Waals surface area contributed by atoms with E-state index < -0.39 is 0 Å². The van der Waals surface area contributed by atoms with Crippen LogP contribution in [0.25, 0.3) is 0 Å². The van der Waals surface area contributed by atoms with E-state index in [1.165, 1.54) is 47.0 Å². The Balaban J connectivity index is 2.05. The third-order valence-electron chi connectivity index (χ3n) is 4.12. The van der Waals surface area contributed by atoms with Crippen LogP contribution in [0.15, 0.2) is 86.8 Å². The standard InChI is InChI=1S/C20H6N4S4/c21-7-11-5-13(19-25-1-2-26-19)17(15(11)9-23)18-14(20-27-3-4-28-20)6-12(8-22)16(18)10-24/h1-6H. The topological polar surface area (TPSA) is 95.2 Å². The molecule has 0 atom stereocenters. The largest absolute Gasteiger partial charge is 0.192 e. The highest BCUT2D eigenvalue weighted by molar-refractivity contribution is 8.27. The summed E-state index contributed by atoms with van der Waals surface area (Å²) in [7, 11) is 0. The van der Waals surface area contributed by atoms with Crippen LogP contribution in [0.1, 0.15) is 0 Å². The molecule has 0 fully saturated rings. The van der Waals surface area contributed by atoms with Gasteiger partial charge in [-0.2, -0.15) is 21.0 Å². The van der Waals surface area contributed by atoms with Crippen molar-refractivity contribution < 1.29 is 0 Å². The molecule has 2 aliphatic heterocycles. The van der Waals surface area contributed by atoms with Gasteiger partial charge in [-0.3, -0.25) is 0 Å². The highest BCUT2D eigenvalue weighted by Crippen LogP contribution is 2.53. The lowest BCUT2D eigenvalue weighted by Crippen LogP contribution is -1.99. The maximum Gasteiger partial charge on any atom is 0.101 e. The Bertz CT molecular complexity index is 1120. The van der Waals surface area contributed by atoms with Crippen molar-refractivity contribution in [2.24, 2.45) is 0 Å². The number of allylic oxidation sites excluding steroid dienone is 10. The van der Waals surface area contributed by atoms with Gasteiger partial charge in [0.05, 0.1) is 30.8 Å². The lowest BCUT2D eigenvalue weighted by molar-refractivity contribution is 1.37. The van der Waals surface area contributed by atoms with E-state index in [0.29, 0.717) is 11.1 Å². The summed E-state index contributed by atoms with van der Waals surface area (Å²) in [6.45, 7) is 0. The van der Waals surface area contributed by atoms with Crippen LogP contribution in [-0.4, -0.2) is 0 Å². The molecule has 0 aromatic rings. The first-order valence-corrected chi connectivity index (χ1v) is 11.2. The number of hydrogen-bond acceptors (Lipinski definition) is 8. The lowest BCUT2D eigenvalue weighted by atomic mass is 9.91. The molecular weight excluding hydrogens is 425 g/mol. The second kappa shape index (κ2) is 7.72. The van der Waals surface area contributed by atoms with E-state index in [1.807, 2.05) is 21.6 Å². The Morgan fingerprint density at radius 1 is 0.536 bits per heavy atom. The van der Waals surface area contributed by atoms with Gasteiger partial charge >= 0.3 is 0 Å². The Morgan fingerprint density at radius 2 is 0.893 bits per heavy atom. The van der Waals surface area contributed by atoms with Crippen molar-refractivity contribution in [2.75, 3.05) is 0 Å². The summed E-state index contributed by atoms with van der Waals surface area (Å²) in [4.78, 5) is 0. The number of nitrogens with zero attached hydrogens (tertiary/aromatic N) is 4. The molecule has 2 aliphatic carbocycles. The van der Waals surface area contributed by atoms with E-state index in [2.05, 4.69) is 24.3 Å². The predicted molar refractivity (Wildman–Crippen MR) is 115 cm³/mol. The van der Waals surface area contributed by atoms with Crippen LogP contribution in [0.2, 0.25) is 0 Å². The molecule has 0 saturated heterocycles. The highest BCUT2D eigenvalue weighted by atomic mass is 32.2. The van der Waals surface area contributed by atoms with E-state index in [4.69, 9.17) is 0 Å². The minimum atomic E-state index is 0.243. The molecule has 0 aromatic carbocycles. The number of hydrogen-bond donors (Lipinski definition) is 0. The van der Waals surface area contributed by atoms with Gasteiger partial charge in [-0.1, -0.05) is 47.0 Å². The molecular formula is C20H6N4S4. The second-order valence-electron chi connectivity index (χ2n) is 5.48. The molecule has 0 bridgehead atoms. The van der Waals surface area contributed by atoms with Crippen molar-refractivity contribution in [3.05, 3.63) is 86.8 Å². The normalized spacial score (nSPS) is 20.4. The molecule has 0 spiro atoms. The van der Waals surface area contributed by atoms with E-state index in [1.54, 1.807) is 12.2 Å². The summed E-state index contributed by atoms with van der Waals surface area (Å²) in [5, 5.41) is 46.5. The lowest BCUT2D eigenvalue weighted by Gasteiger charge is -2.14.